The Kier molecular flexibility index (Phi) is 7.30. The molecule has 2 unspecified atom stereocenters. The number of hydrogen-bond acceptors (Lipinski definition) is 7. The summed E-state index contributed by atoms with van der Waals surface area (Å²) in [6.45, 7) is 6.51. The van der Waals surface area contributed by atoms with Gasteiger partial charge >= 0.3 is 0 Å². The fourth-order valence-corrected chi connectivity index (χ4v) is 6.46. The highest BCUT2D eigenvalue weighted by Crippen LogP contribution is 2.40. The van der Waals surface area contributed by atoms with Crippen LogP contribution >= 0.6 is 12.6 Å². The van der Waals surface area contributed by atoms with Crippen LogP contribution in [0, 0.1) is 0 Å². The molecule has 3 aromatic rings. The maximum Gasteiger partial charge on any atom is 0.243 e. The van der Waals surface area contributed by atoms with Gasteiger partial charge in [0.1, 0.15) is 0 Å². The van der Waals surface area contributed by atoms with Gasteiger partial charge in [0, 0.05) is 64.0 Å². The summed E-state index contributed by atoms with van der Waals surface area (Å²) in [6.07, 6.45) is 2.81. The Labute approximate surface area is 229 Å². The van der Waals surface area contributed by atoms with E-state index < -0.39 is 0 Å². The Morgan fingerprint density at radius 1 is 0.868 bits per heavy atom. The molecule has 2 aromatic carbocycles. The van der Waals surface area contributed by atoms with Crippen molar-refractivity contribution in [1.29, 1.82) is 0 Å². The predicted octanol–water partition coefficient (Wildman–Crippen LogP) is 3.62. The van der Waals surface area contributed by atoms with Crippen LogP contribution in [-0.4, -0.2) is 63.7 Å². The zero-order valence-electron chi connectivity index (χ0n) is 21.4. The normalized spacial score (nSPS) is 22.9. The third-order valence-corrected chi connectivity index (χ3v) is 8.62. The maximum absolute atomic E-state index is 12.5. The SMILES string of the molecule is O=C1CCC(N2Cc3c(CN4CCN(Cc5cccnc5-c5ccccc5)CC4)cccc3C2S)C(=O)N1. The fraction of sp³-hybridized carbons (Fsp3) is 0.367. The van der Waals surface area contributed by atoms with Gasteiger partial charge in [-0.1, -0.05) is 54.6 Å². The minimum Gasteiger partial charge on any atom is -0.297 e. The van der Waals surface area contributed by atoms with Crippen molar-refractivity contribution < 1.29 is 9.59 Å². The number of piperazine rings is 1. The van der Waals surface area contributed by atoms with Crippen molar-refractivity contribution in [3.8, 4) is 11.3 Å². The minimum absolute atomic E-state index is 0.135. The molecular weight excluding hydrogens is 494 g/mol. The third kappa shape index (κ3) is 5.14. The molecule has 2 atom stereocenters. The summed E-state index contributed by atoms with van der Waals surface area (Å²) in [4.78, 5) is 36.0. The van der Waals surface area contributed by atoms with Crippen LogP contribution in [0.1, 0.15) is 40.5 Å². The average molecular weight is 528 g/mol. The van der Waals surface area contributed by atoms with Crippen LogP contribution in [0.5, 0.6) is 0 Å². The van der Waals surface area contributed by atoms with Crippen LogP contribution in [0.25, 0.3) is 11.3 Å². The number of benzene rings is 2. The molecular formula is C30H33N5O2S. The highest BCUT2D eigenvalue weighted by molar-refractivity contribution is 7.80. The number of aromatic nitrogens is 1. The number of nitrogens with one attached hydrogen (secondary N) is 1. The van der Waals surface area contributed by atoms with Crippen molar-refractivity contribution in [2.45, 2.75) is 43.9 Å². The first-order chi connectivity index (χ1) is 18.6. The number of thiol groups is 1. The molecule has 2 saturated heterocycles. The van der Waals surface area contributed by atoms with Crippen LogP contribution in [-0.2, 0) is 29.2 Å². The largest absolute Gasteiger partial charge is 0.297 e. The van der Waals surface area contributed by atoms with Gasteiger partial charge in [0.05, 0.1) is 17.1 Å². The van der Waals surface area contributed by atoms with Crippen molar-refractivity contribution >= 4 is 24.4 Å². The molecule has 0 saturated carbocycles. The lowest BCUT2D eigenvalue weighted by Gasteiger charge is -2.35. The molecule has 0 radical (unpaired) electrons. The van der Waals surface area contributed by atoms with Gasteiger partial charge in [-0.05, 0) is 34.7 Å². The summed E-state index contributed by atoms with van der Waals surface area (Å²) in [5, 5.41) is 2.36. The van der Waals surface area contributed by atoms with Crippen LogP contribution in [0.15, 0.2) is 66.9 Å². The Bertz CT molecular complexity index is 1330. The van der Waals surface area contributed by atoms with Gasteiger partial charge in [-0.15, -0.1) is 0 Å². The monoisotopic (exact) mass is 527 g/mol. The Morgan fingerprint density at radius 3 is 2.32 bits per heavy atom. The average Bonchev–Trinajstić information content (AvgIpc) is 3.27. The van der Waals surface area contributed by atoms with Crippen LogP contribution in [0.2, 0.25) is 0 Å². The standard InChI is InChI=1S/C30H33N5O2S/c36-27-12-11-26(29(37)32-27)35-20-25-22(8-4-10-24(25)30(35)38)18-33-14-16-34(17-15-33)19-23-9-5-13-31-28(23)21-6-2-1-3-7-21/h1-10,13,26,30,38H,11-12,14-20H2,(H,32,36,37). The van der Waals surface area contributed by atoms with Crippen LogP contribution in [0.4, 0.5) is 0 Å². The van der Waals surface area contributed by atoms with E-state index >= 15 is 0 Å². The number of pyridine rings is 1. The molecule has 38 heavy (non-hydrogen) atoms. The first kappa shape index (κ1) is 25.2. The molecule has 1 aromatic heterocycles. The molecule has 0 bridgehead atoms. The zero-order chi connectivity index (χ0) is 26.1. The first-order valence-electron chi connectivity index (χ1n) is 13.4. The number of amides is 2. The van der Waals surface area contributed by atoms with Gasteiger partial charge < -0.3 is 0 Å². The summed E-state index contributed by atoms with van der Waals surface area (Å²) in [6, 6.07) is 20.8. The number of piperidine rings is 1. The van der Waals surface area contributed by atoms with E-state index in [2.05, 4.69) is 73.5 Å². The zero-order valence-corrected chi connectivity index (χ0v) is 22.3. The van der Waals surface area contributed by atoms with Gasteiger partial charge in [-0.3, -0.25) is 34.6 Å². The smallest absolute Gasteiger partial charge is 0.243 e. The summed E-state index contributed by atoms with van der Waals surface area (Å²) < 4.78 is 0. The molecule has 4 heterocycles. The topological polar surface area (TPSA) is 68.8 Å². The van der Waals surface area contributed by atoms with Crippen molar-refractivity contribution in [3.05, 3.63) is 89.1 Å². The lowest BCUT2D eigenvalue weighted by atomic mass is 10.0. The van der Waals surface area contributed by atoms with Gasteiger partial charge in [-0.2, -0.15) is 12.6 Å². The lowest BCUT2D eigenvalue weighted by molar-refractivity contribution is -0.137. The van der Waals surface area contributed by atoms with Gasteiger partial charge in [0.25, 0.3) is 0 Å². The number of carbonyl (C=O) groups excluding carboxylic acids is 2. The van der Waals surface area contributed by atoms with Crippen LogP contribution < -0.4 is 5.32 Å². The minimum atomic E-state index is -0.313. The van der Waals surface area contributed by atoms with Crippen LogP contribution in [0.3, 0.4) is 0 Å². The second-order valence-electron chi connectivity index (χ2n) is 10.4. The molecule has 8 heteroatoms. The quantitative estimate of drug-likeness (QED) is 0.377. The molecule has 0 spiro atoms. The summed E-state index contributed by atoms with van der Waals surface area (Å²) in [7, 11) is 0. The summed E-state index contributed by atoms with van der Waals surface area (Å²) in [5.41, 5.74) is 7.26. The highest BCUT2D eigenvalue weighted by atomic mass is 32.1. The maximum atomic E-state index is 12.5. The van der Waals surface area contributed by atoms with Gasteiger partial charge in [0.2, 0.25) is 11.8 Å². The van der Waals surface area contributed by atoms with E-state index in [1.165, 1.54) is 22.3 Å². The molecule has 7 nitrogen and oxygen atoms in total. The second kappa shape index (κ2) is 11.0. The molecule has 6 rings (SSSR count). The second-order valence-corrected chi connectivity index (χ2v) is 10.9. The van der Waals surface area contributed by atoms with E-state index in [4.69, 9.17) is 12.6 Å². The van der Waals surface area contributed by atoms with Crippen molar-refractivity contribution in [2.24, 2.45) is 0 Å². The highest BCUT2D eigenvalue weighted by Gasteiger charge is 2.39. The van der Waals surface area contributed by atoms with E-state index in [9.17, 15) is 9.59 Å². The van der Waals surface area contributed by atoms with Gasteiger partial charge in [-0.25, -0.2) is 0 Å². The Balaban J connectivity index is 1.09. The van der Waals surface area contributed by atoms with Crippen molar-refractivity contribution in [2.75, 3.05) is 26.2 Å². The fourth-order valence-electron chi connectivity index (χ4n) is 5.97. The van der Waals surface area contributed by atoms with E-state index in [0.717, 1.165) is 50.5 Å². The molecule has 2 amide bonds. The van der Waals surface area contributed by atoms with E-state index in [0.29, 0.717) is 19.4 Å². The first-order valence-corrected chi connectivity index (χ1v) is 13.9. The molecule has 1 N–H and O–H groups in total. The third-order valence-electron chi connectivity index (χ3n) is 8.04. The Hall–Kier alpha value is -3.04. The summed E-state index contributed by atoms with van der Waals surface area (Å²) >= 11 is 4.88. The number of fused-ring (bicyclic) bond motifs is 1. The molecule has 196 valence electrons. The molecule has 0 aliphatic carbocycles. The number of imide groups is 1. The number of carbonyl (C=O) groups is 2. The molecule has 3 aliphatic rings. The van der Waals surface area contributed by atoms with E-state index in [1.807, 2.05) is 18.3 Å². The van der Waals surface area contributed by atoms with Crippen molar-refractivity contribution in [3.63, 3.8) is 0 Å². The number of rotatable bonds is 6. The lowest BCUT2D eigenvalue weighted by Crippen LogP contribution is -2.51. The van der Waals surface area contributed by atoms with E-state index in [-0.39, 0.29) is 23.2 Å². The number of hydrogen-bond donors (Lipinski definition) is 2. The predicted molar refractivity (Wildman–Crippen MR) is 150 cm³/mol. The van der Waals surface area contributed by atoms with Gasteiger partial charge in [0.15, 0.2) is 0 Å². The number of nitrogens with zero attached hydrogens (tertiary/aromatic N) is 4. The summed E-state index contributed by atoms with van der Waals surface area (Å²) in [5.74, 6) is -0.381. The van der Waals surface area contributed by atoms with Crippen molar-refractivity contribution in [1.82, 2.24) is 25.0 Å². The Morgan fingerprint density at radius 2 is 1.58 bits per heavy atom. The molecule has 2 fully saturated rings. The molecule has 3 aliphatic heterocycles. The van der Waals surface area contributed by atoms with E-state index in [1.54, 1.807) is 0 Å².